The second-order valence-electron chi connectivity index (χ2n) is 6.51. The molecule has 3 aromatic rings. The van der Waals surface area contributed by atoms with E-state index in [4.69, 9.17) is 0 Å². The Morgan fingerprint density at radius 3 is 2.44 bits per heavy atom. The number of hydrogen-bond donors (Lipinski definition) is 1. The van der Waals surface area contributed by atoms with E-state index in [9.17, 15) is 22.7 Å². The first-order chi connectivity index (χ1) is 12.8. The van der Waals surface area contributed by atoms with Crippen molar-refractivity contribution in [2.75, 3.05) is 18.0 Å². The Bertz CT molecular complexity index is 979. The Hall–Kier alpha value is -2.75. The van der Waals surface area contributed by atoms with Crippen molar-refractivity contribution >= 4 is 11.5 Å². The molecule has 0 spiro atoms. The summed E-state index contributed by atoms with van der Waals surface area (Å²) in [5.74, 6) is -1.29. The standard InChI is InChI=1S/C17H15F4N5O/c18-12-3-1-2-11(10-12)16(27)6-8-25(9-7-16)14-5-4-13-22-23-15(17(19,20)21)26(13)24-14/h1-5,10,27H,6-9H2. The maximum Gasteiger partial charge on any atom is 0.453 e. The number of anilines is 1. The Labute approximate surface area is 151 Å². The monoisotopic (exact) mass is 381 g/mol. The first-order valence-corrected chi connectivity index (χ1v) is 8.29. The summed E-state index contributed by atoms with van der Waals surface area (Å²) in [7, 11) is 0. The summed E-state index contributed by atoms with van der Waals surface area (Å²) in [6, 6.07) is 8.78. The van der Waals surface area contributed by atoms with Gasteiger partial charge in [-0.15, -0.1) is 15.3 Å². The van der Waals surface area contributed by atoms with Gasteiger partial charge in [-0.05, 0) is 42.7 Å². The number of nitrogens with zero attached hydrogens (tertiary/aromatic N) is 5. The number of benzene rings is 1. The lowest BCUT2D eigenvalue weighted by Gasteiger charge is -2.39. The van der Waals surface area contributed by atoms with Crippen LogP contribution in [0.1, 0.15) is 24.2 Å². The maximum absolute atomic E-state index is 13.4. The van der Waals surface area contributed by atoms with Crippen molar-refractivity contribution in [3.05, 3.63) is 53.6 Å². The molecule has 1 aliphatic heterocycles. The fraction of sp³-hybridized carbons (Fsp3) is 0.353. The molecule has 3 heterocycles. The van der Waals surface area contributed by atoms with E-state index in [1.54, 1.807) is 17.0 Å². The van der Waals surface area contributed by atoms with Crippen molar-refractivity contribution in [2.24, 2.45) is 0 Å². The minimum atomic E-state index is -4.66. The maximum atomic E-state index is 13.4. The predicted octanol–water partition coefficient (Wildman–Crippen LogP) is 2.77. The molecular weight excluding hydrogens is 366 g/mol. The van der Waals surface area contributed by atoms with E-state index in [0.29, 0.717) is 41.8 Å². The van der Waals surface area contributed by atoms with Crippen molar-refractivity contribution in [1.29, 1.82) is 0 Å². The van der Waals surface area contributed by atoms with Crippen molar-refractivity contribution in [3.8, 4) is 0 Å². The predicted molar refractivity (Wildman–Crippen MR) is 87.5 cm³/mol. The van der Waals surface area contributed by atoms with Gasteiger partial charge in [0, 0.05) is 13.1 Å². The zero-order chi connectivity index (χ0) is 19.2. The zero-order valence-electron chi connectivity index (χ0n) is 14.0. The number of rotatable bonds is 2. The van der Waals surface area contributed by atoms with Gasteiger partial charge >= 0.3 is 6.18 Å². The molecule has 10 heteroatoms. The van der Waals surface area contributed by atoms with Crippen LogP contribution in [0.3, 0.4) is 0 Å². The van der Waals surface area contributed by atoms with Crippen LogP contribution in [0.25, 0.3) is 5.65 Å². The third-order valence-electron chi connectivity index (χ3n) is 4.78. The second-order valence-corrected chi connectivity index (χ2v) is 6.51. The zero-order valence-corrected chi connectivity index (χ0v) is 14.0. The van der Waals surface area contributed by atoms with Gasteiger partial charge in [-0.25, -0.2) is 4.39 Å². The largest absolute Gasteiger partial charge is 0.453 e. The summed E-state index contributed by atoms with van der Waals surface area (Å²) in [4.78, 5) is 1.77. The number of aliphatic hydroxyl groups is 1. The number of fused-ring (bicyclic) bond motifs is 1. The van der Waals surface area contributed by atoms with Gasteiger partial charge in [0.15, 0.2) is 5.65 Å². The van der Waals surface area contributed by atoms with Crippen LogP contribution in [-0.4, -0.2) is 38.0 Å². The first-order valence-electron chi connectivity index (χ1n) is 8.29. The van der Waals surface area contributed by atoms with E-state index >= 15 is 0 Å². The fourth-order valence-electron chi connectivity index (χ4n) is 3.30. The highest BCUT2D eigenvalue weighted by Crippen LogP contribution is 2.34. The van der Waals surface area contributed by atoms with Crippen molar-refractivity contribution < 1.29 is 22.7 Å². The number of piperidine rings is 1. The lowest BCUT2D eigenvalue weighted by atomic mass is 9.84. The molecule has 0 bridgehead atoms. The van der Waals surface area contributed by atoms with Crippen LogP contribution in [0.2, 0.25) is 0 Å². The summed E-state index contributed by atoms with van der Waals surface area (Å²) in [6.07, 6.45) is -4.07. The highest BCUT2D eigenvalue weighted by molar-refractivity contribution is 5.46. The smallest absolute Gasteiger partial charge is 0.385 e. The van der Waals surface area contributed by atoms with Crippen molar-refractivity contribution in [3.63, 3.8) is 0 Å². The van der Waals surface area contributed by atoms with Gasteiger partial charge < -0.3 is 10.0 Å². The number of alkyl halides is 3. The molecule has 0 aliphatic carbocycles. The quantitative estimate of drug-likeness (QED) is 0.692. The molecule has 0 radical (unpaired) electrons. The molecule has 142 valence electrons. The molecule has 1 saturated heterocycles. The van der Waals surface area contributed by atoms with Gasteiger partial charge in [0.25, 0.3) is 5.82 Å². The summed E-state index contributed by atoms with van der Waals surface area (Å²) < 4.78 is 53.1. The second kappa shape index (κ2) is 6.15. The molecule has 1 N–H and O–H groups in total. The van der Waals surface area contributed by atoms with E-state index in [-0.39, 0.29) is 5.65 Å². The minimum Gasteiger partial charge on any atom is -0.385 e. The Morgan fingerprint density at radius 2 is 1.78 bits per heavy atom. The molecule has 6 nitrogen and oxygen atoms in total. The van der Waals surface area contributed by atoms with E-state index in [1.807, 2.05) is 0 Å². The van der Waals surface area contributed by atoms with E-state index in [1.165, 1.54) is 24.3 Å². The van der Waals surface area contributed by atoms with Gasteiger partial charge in [0.1, 0.15) is 11.6 Å². The molecule has 4 rings (SSSR count). The number of hydrogen-bond acceptors (Lipinski definition) is 5. The summed E-state index contributed by atoms with van der Waals surface area (Å²) in [5, 5.41) is 21.5. The summed E-state index contributed by atoms with van der Waals surface area (Å²) in [5.41, 5.74) is -0.695. The minimum absolute atomic E-state index is 0.000602. The molecular formula is C17H15F4N5O. The Balaban J connectivity index is 1.58. The molecule has 0 unspecified atom stereocenters. The third-order valence-corrected chi connectivity index (χ3v) is 4.78. The van der Waals surface area contributed by atoms with Crippen LogP contribution in [0, 0.1) is 5.82 Å². The first kappa shape index (κ1) is 17.7. The van der Waals surface area contributed by atoms with Crippen molar-refractivity contribution in [2.45, 2.75) is 24.6 Å². The molecule has 1 fully saturated rings. The topological polar surface area (TPSA) is 66.5 Å². The molecule has 1 aromatic carbocycles. The Morgan fingerprint density at radius 1 is 1.04 bits per heavy atom. The normalized spacial score (nSPS) is 17.4. The molecule has 2 aromatic heterocycles. The lowest BCUT2D eigenvalue weighted by Crippen LogP contribution is -2.43. The van der Waals surface area contributed by atoms with Crippen LogP contribution in [0.15, 0.2) is 36.4 Å². The lowest BCUT2D eigenvalue weighted by molar-refractivity contribution is -0.146. The molecule has 27 heavy (non-hydrogen) atoms. The summed E-state index contributed by atoms with van der Waals surface area (Å²) in [6.45, 7) is 0.712. The Kier molecular flexibility index (Phi) is 4.02. The van der Waals surface area contributed by atoms with E-state index in [2.05, 4.69) is 15.3 Å². The van der Waals surface area contributed by atoms with Crippen LogP contribution in [-0.2, 0) is 11.8 Å². The van der Waals surface area contributed by atoms with Crippen LogP contribution in [0.4, 0.5) is 23.4 Å². The van der Waals surface area contributed by atoms with Gasteiger partial charge in [-0.2, -0.15) is 17.7 Å². The van der Waals surface area contributed by atoms with Gasteiger partial charge in [-0.1, -0.05) is 12.1 Å². The highest BCUT2D eigenvalue weighted by atomic mass is 19.4. The van der Waals surface area contributed by atoms with Gasteiger partial charge in [0.2, 0.25) is 0 Å². The van der Waals surface area contributed by atoms with Crippen molar-refractivity contribution in [1.82, 2.24) is 19.8 Å². The van der Waals surface area contributed by atoms with Crippen LogP contribution >= 0.6 is 0 Å². The number of aromatic nitrogens is 4. The molecule has 0 atom stereocenters. The summed E-state index contributed by atoms with van der Waals surface area (Å²) >= 11 is 0. The van der Waals surface area contributed by atoms with Gasteiger partial charge in [0.05, 0.1) is 5.60 Å². The van der Waals surface area contributed by atoms with Crippen LogP contribution < -0.4 is 4.90 Å². The molecule has 1 aliphatic rings. The van der Waals surface area contributed by atoms with Gasteiger partial charge in [-0.3, -0.25) is 0 Å². The van der Waals surface area contributed by atoms with E-state index < -0.39 is 23.4 Å². The SMILES string of the molecule is OC1(c2cccc(F)c2)CCN(c2ccc3nnc(C(F)(F)F)n3n2)CC1. The third kappa shape index (κ3) is 3.20. The number of halogens is 4. The average Bonchev–Trinajstić information content (AvgIpc) is 3.06. The molecule has 0 saturated carbocycles. The average molecular weight is 381 g/mol. The molecule has 0 amide bonds. The van der Waals surface area contributed by atoms with E-state index in [0.717, 1.165) is 0 Å². The fourth-order valence-corrected chi connectivity index (χ4v) is 3.30. The van der Waals surface area contributed by atoms with Crippen LogP contribution in [0.5, 0.6) is 0 Å². The highest BCUT2D eigenvalue weighted by Gasteiger charge is 2.38.